The number of carboxylic acid groups (broad SMARTS) is 4. The average Bonchev–Trinajstić information content (AvgIpc) is 1.70. The van der Waals surface area contributed by atoms with E-state index in [-0.39, 0.29) is 179 Å². The van der Waals surface area contributed by atoms with E-state index < -0.39 is 174 Å². The van der Waals surface area contributed by atoms with Crippen LogP contribution in [0.15, 0.2) is 40.1 Å². The fourth-order valence-electron chi connectivity index (χ4n) is 13.1. The minimum Gasteiger partial charge on any atom is -0.480 e. The number of unbranched alkanes of at least 4 members (excludes halogenated alkanes) is 1. The number of nitrogens with two attached hydrogens (primary N) is 1. The maximum Gasteiger partial charge on any atom is 0.327 e. The summed E-state index contributed by atoms with van der Waals surface area (Å²) >= 11 is 1.18. The van der Waals surface area contributed by atoms with Gasteiger partial charge in [0, 0.05) is 129 Å². The van der Waals surface area contributed by atoms with Crippen LogP contribution in [0.4, 0.5) is 0 Å². The number of aliphatic hydroxyl groups excluding tert-OH is 1. The lowest BCUT2D eigenvalue weighted by Crippen LogP contribution is -2.62. The fourth-order valence-corrected chi connectivity index (χ4v) is 15.4. The molecular formula is C75H116N16O25S2. The number of ether oxygens (including phenoxy) is 3. The fraction of sp³-hybridized carbons (Fsp3) is 0.667. The predicted molar refractivity (Wildman–Crippen MR) is 426 cm³/mol. The molecule has 658 valence electrons. The highest BCUT2D eigenvalue weighted by Gasteiger charge is 2.44. The molecule has 5 rings (SSSR count). The molecule has 4 aliphatic heterocycles. The zero-order valence-corrected chi connectivity index (χ0v) is 68.9. The summed E-state index contributed by atoms with van der Waals surface area (Å²) in [5.41, 5.74) is 5.92. The number of imide groups is 1. The molecule has 9 atom stereocenters. The summed E-state index contributed by atoms with van der Waals surface area (Å²) in [5, 5.41) is 72.8. The molecular weight excluding hydrogens is 1590 g/mol. The molecule has 16 N–H and O–H groups in total. The van der Waals surface area contributed by atoms with Crippen LogP contribution < -0.4 is 53.6 Å². The number of aliphatic hydroxyl groups is 1. The molecule has 2 fully saturated rings. The number of primary amides is 1. The van der Waals surface area contributed by atoms with Gasteiger partial charge < -0.3 is 97.8 Å². The first-order valence-corrected chi connectivity index (χ1v) is 41.6. The van der Waals surface area contributed by atoms with Crippen LogP contribution >= 0.6 is 23.5 Å². The SMILES string of the molecule is CCCC[C@H](NC(=O)CCC(=O)NCCCOCCOCCOCCCNC(=O)CN1CCN(CC(=O)O)CCN(CC(=O)O)CCN(CC(=O)O)CC1)C(=O)N[C@H]1CSC2=C(SC[C@@H](C(=O)O)NC(=O)[C@H](Cc3ccccc3)NC(=O)[C@H](CCC(N)=O)NC(=O)[C@H]([C@@H](C)O)NC(=O)[C@H](CC)N(CC)C(=O)[C@@H]3CCCN3C1=O)C(=O)NC2=O. The largest absolute Gasteiger partial charge is 0.480 e. The first-order chi connectivity index (χ1) is 56.3. The maximum absolute atomic E-state index is 15.2. The summed E-state index contributed by atoms with van der Waals surface area (Å²) in [6, 6.07) is -4.39. The number of thioether (sulfide) groups is 2. The average molecular weight is 1710 g/mol. The van der Waals surface area contributed by atoms with Crippen LogP contribution in [0.5, 0.6) is 0 Å². The maximum atomic E-state index is 15.2. The van der Waals surface area contributed by atoms with Gasteiger partial charge in [-0.3, -0.25) is 102 Å². The number of nitrogens with one attached hydrogen (secondary N) is 9. The summed E-state index contributed by atoms with van der Waals surface area (Å²) in [6.45, 7) is 9.24. The van der Waals surface area contributed by atoms with Crippen LogP contribution in [0, 0.1) is 0 Å². The summed E-state index contributed by atoms with van der Waals surface area (Å²) in [7, 11) is 0. The number of fused-ring (bicyclic) bond motifs is 1. The highest BCUT2D eigenvalue weighted by atomic mass is 32.2. The Bertz CT molecular complexity index is 3590. The Morgan fingerprint density at radius 2 is 1.08 bits per heavy atom. The number of likely N-dealkylation sites (N-methyl/N-ethyl adjacent to an activating group) is 1. The predicted octanol–water partition coefficient (Wildman–Crippen LogP) is -4.66. The molecule has 0 aromatic heterocycles. The van der Waals surface area contributed by atoms with Gasteiger partial charge in [0.25, 0.3) is 11.8 Å². The molecule has 13 amide bonds. The zero-order valence-electron chi connectivity index (χ0n) is 67.2. The van der Waals surface area contributed by atoms with Gasteiger partial charge in [0.2, 0.25) is 65.0 Å². The number of carbonyl (C=O) groups excluding carboxylic acids is 13. The van der Waals surface area contributed by atoms with Gasteiger partial charge in [-0.05, 0) is 64.4 Å². The van der Waals surface area contributed by atoms with Gasteiger partial charge in [-0.2, -0.15) is 0 Å². The van der Waals surface area contributed by atoms with Crippen LogP contribution in [0.1, 0.15) is 110 Å². The van der Waals surface area contributed by atoms with E-state index in [2.05, 4.69) is 47.9 Å². The topological polar surface area (TPSA) is 573 Å². The Balaban J connectivity index is 1.17. The van der Waals surface area contributed by atoms with Crippen molar-refractivity contribution in [3.8, 4) is 0 Å². The molecule has 1 aromatic rings. The quantitative estimate of drug-likeness (QED) is 0.0217. The molecule has 1 aromatic carbocycles. The van der Waals surface area contributed by atoms with Crippen molar-refractivity contribution in [2.75, 3.05) is 156 Å². The van der Waals surface area contributed by atoms with Crippen LogP contribution in [0.3, 0.4) is 0 Å². The van der Waals surface area contributed by atoms with Gasteiger partial charge in [0.1, 0.15) is 48.3 Å². The lowest BCUT2D eigenvalue weighted by Gasteiger charge is -2.36. The lowest BCUT2D eigenvalue weighted by atomic mass is 10.0. The number of benzene rings is 1. The van der Waals surface area contributed by atoms with Crippen LogP contribution in [-0.2, 0) is 102 Å². The summed E-state index contributed by atoms with van der Waals surface area (Å²) in [6.07, 6.45) is -1.49. The molecule has 0 aliphatic carbocycles. The molecule has 0 spiro atoms. The number of hydrogen-bond donors (Lipinski definition) is 15. The third kappa shape index (κ3) is 35.6. The third-order valence-electron chi connectivity index (χ3n) is 19.4. The Kier molecular flexibility index (Phi) is 44.6. The minimum absolute atomic E-state index is 0.0233. The van der Waals surface area contributed by atoms with E-state index in [0.717, 1.165) is 0 Å². The molecule has 43 heteroatoms. The van der Waals surface area contributed by atoms with E-state index in [1.807, 2.05) is 11.8 Å². The molecule has 118 heavy (non-hydrogen) atoms. The molecule has 4 heterocycles. The van der Waals surface area contributed by atoms with Crippen molar-refractivity contribution in [3.05, 3.63) is 45.7 Å². The summed E-state index contributed by atoms with van der Waals surface area (Å²) in [5.74, 6) is -16.9. The monoisotopic (exact) mass is 1700 g/mol. The molecule has 0 bridgehead atoms. The standard InChI is InChI=1S/C75H116N16O25S2/c1-5-8-17-49(79-58(95)22-21-57(94)77-23-13-34-114-36-38-116-39-37-115-35-14-24-78-59(96)41-86-26-28-87(42-60(97)98)30-32-89(44-62(101)102)33-31-88(29-27-86)43-61(99)100)66(103)82-52-45-117-64-65(72(109)85-71(64)108)118-46-53(75(112)113)83-68(105)51(40-48-15-10-9-11-16-48)81-67(104)50(19-20-56(76)93)80-70(107)63(47(4)92)84-69(106)54(6-2)90(7-3)74(111)55-18-12-25-91(55)73(52)110/h9-11,15-16,47,49-55,63,92H,5-8,12-14,17-46H2,1-4H3,(H2,76,93)(H,77,94)(H,78,96)(H,79,95)(H,80,107)(H,81,104)(H,82,103)(H,83,105)(H,84,106)(H,97,98)(H,99,100)(H,101,102)(H,112,113)(H,85,108,109)/t47-,49+,50+,51+,52+,53+,54+,55+,63+/m1/s1. The second kappa shape index (κ2) is 53.1. The second-order valence-corrected chi connectivity index (χ2v) is 30.7. The van der Waals surface area contributed by atoms with E-state index in [0.29, 0.717) is 81.0 Å². The number of hydrogen-bond acceptors (Lipinski definition) is 27. The smallest absolute Gasteiger partial charge is 0.327 e. The molecule has 0 radical (unpaired) electrons. The number of rotatable bonds is 40. The van der Waals surface area contributed by atoms with E-state index >= 15 is 4.79 Å². The van der Waals surface area contributed by atoms with E-state index in [1.165, 1.54) is 16.7 Å². The van der Waals surface area contributed by atoms with Crippen LogP contribution in [0.2, 0.25) is 0 Å². The van der Waals surface area contributed by atoms with E-state index in [1.54, 1.807) is 58.9 Å². The number of carboxylic acids is 4. The highest BCUT2D eigenvalue weighted by Crippen LogP contribution is 2.34. The summed E-state index contributed by atoms with van der Waals surface area (Å²) in [4.78, 5) is 237. The molecule has 0 unspecified atom stereocenters. The lowest BCUT2D eigenvalue weighted by molar-refractivity contribution is -0.149. The first kappa shape index (κ1) is 99.1. The van der Waals surface area contributed by atoms with Gasteiger partial charge in [-0.15, -0.1) is 23.5 Å². The van der Waals surface area contributed by atoms with Gasteiger partial charge in [0.05, 0.1) is 68.5 Å². The van der Waals surface area contributed by atoms with E-state index in [9.17, 15) is 102 Å². The van der Waals surface area contributed by atoms with Crippen LogP contribution in [-0.4, -0.2) is 366 Å². The highest BCUT2D eigenvalue weighted by molar-refractivity contribution is 8.08. The number of nitrogens with zero attached hydrogens (tertiary/aromatic N) is 6. The van der Waals surface area contributed by atoms with Crippen molar-refractivity contribution in [3.63, 3.8) is 0 Å². The zero-order chi connectivity index (χ0) is 86.8. The second-order valence-electron chi connectivity index (χ2n) is 28.6. The third-order valence-corrected chi connectivity index (χ3v) is 21.9. The van der Waals surface area contributed by atoms with Crippen molar-refractivity contribution < 1.29 is 121 Å². The number of carbonyl (C=O) groups is 17. The number of amides is 13. The molecule has 4 aliphatic rings. The molecule has 41 nitrogen and oxygen atoms in total. The van der Waals surface area contributed by atoms with Gasteiger partial charge in [-0.25, -0.2) is 4.79 Å². The normalized spacial score (nSPS) is 21.9. The molecule has 2 saturated heterocycles. The Labute approximate surface area is 692 Å². The van der Waals surface area contributed by atoms with E-state index in [4.69, 9.17) is 19.9 Å². The Morgan fingerprint density at radius 1 is 0.576 bits per heavy atom. The Hall–Kier alpha value is -9.47. The summed E-state index contributed by atoms with van der Waals surface area (Å²) < 4.78 is 16.9. The van der Waals surface area contributed by atoms with Crippen LogP contribution in [0.25, 0.3) is 0 Å². The molecule has 0 saturated carbocycles. The van der Waals surface area contributed by atoms with Crippen molar-refractivity contribution in [1.29, 1.82) is 0 Å². The minimum atomic E-state index is -1.84. The van der Waals surface area contributed by atoms with Crippen molar-refractivity contribution in [2.24, 2.45) is 5.73 Å². The first-order valence-electron chi connectivity index (χ1n) is 39.6. The van der Waals surface area contributed by atoms with Crippen molar-refractivity contribution in [2.45, 2.75) is 166 Å². The Morgan fingerprint density at radius 3 is 1.59 bits per heavy atom. The number of aliphatic carboxylic acids is 4. The van der Waals surface area contributed by atoms with Crippen molar-refractivity contribution >= 4 is 124 Å². The van der Waals surface area contributed by atoms with Gasteiger partial charge >= 0.3 is 23.9 Å². The van der Waals surface area contributed by atoms with Gasteiger partial charge in [0.15, 0.2) is 0 Å². The van der Waals surface area contributed by atoms with Crippen molar-refractivity contribution in [1.82, 2.24) is 77.3 Å². The van der Waals surface area contributed by atoms with Gasteiger partial charge in [-0.1, -0.05) is 57.0 Å².